The van der Waals surface area contributed by atoms with Crippen molar-refractivity contribution in [2.75, 3.05) is 13.7 Å². The maximum absolute atomic E-state index is 13.2. The number of fused-ring (bicyclic) bond motifs is 1. The van der Waals surface area contributed by atoms with Gasteiger partial charge in [0.1, 0.15) is 22.5 Å². The van der Waals surface area contributed by atoms with Crippen LogP contribution >= 0.6 is 0 Å². The van der Waals surface area contributed by atoms with Crippen molar-refractivity contribution in [3.63, 3.8) is 0 Å². The first kappa shape index (κ1) is 29.5. The Morgan fingerprint density at radius 1 is 0.878 bits per heavy atom. The molecule has 8 nitrogen and oxygen atoms in total. The van der Waals surface area contributed by atoms with Crippen LogP contribution in [0.3, 0.4) is 0 Å². The van der Waals surface area contributed by atoms with Gasteiger partial charge in [0.2, 0.25) is 5.75 Å². The summed E-state index contributed by atoms with van der Waals surface area (Å²) in [5, 5.41) is 32.0. The van der Waals surface area contributed by atoms with Gasteiger partial charge in [0.05, 0.1) is 20.1 Å². The second kappa shape index (κ2) is 13.7. The number of rotatable bonds is 13. The first-order chi connectivity index (χ1) is 19.8. The van der Waals surface area contributed by atoms with Gasteiger partial charge in [-0.15, -0.1) is 0 Å². The molecule has 0 fully saturated rings. The van der Waals surface area contributed by atoms with Gasteiger partial charge < -0.3 is 29.2 Å². The lowest BCUT2D eigenvalue weighted by atomic mass is 9.86. The number of phenols is 3. The van der Waals surface area contributed by atoms with Crippen molar-refractivity contribution in [2.24, 2.45) is 0 Å². The number of hydrogen-bond donors (Lipinski definition) is 3. The summed E-state index contributed by atoms with van der Waals surface area (Å²) in [5.41, 5.74) is 0.407. The Morgan fingerprint density at radius 2 is 1.56 bits per heavy atom. The van der Waals surface area contributed by atoms with E-state index in [0.29, 0.717) is 23.5 Å². The smallest absolute Gasteiger partial charge is 0.306 e. The molecule has 1 atom stereocenters. The van der Waals surface area contributed by atoms with E-state index in [0.717, 1.165) is 12.8 Å². The number of ether oxygens (including phenoxy) is 2. The molecular weight excluding hydrogens is 524 g/mol. The van der Waals surface area contributed by atoms with Gasteiger partial charge in [-0.3, -0.25) is 9.59 Å². The molecule has 41 heavy (non-hydrogen) atoms. The highest BCUT2D eigenvalue weighted by Crippen LogP contribution is 2.49. The highest BCUT2D eigenvalue weighted by Gasteiger charge is 2.31. The Balaban J connectivity index is 1.74. The number of phenolic OH excluding ortho intramolecular Hbond substituents is 3. The van der Waals surface area contributed by atoms with Crippen molar-refractivity contribution < 1.29 is 34.0 Å². The molecule has 8 heteroatoms. The zero-order valence-corrected chi connectivity index (χ0v) is 23.4. The Hall–Kier alpha value is -4.46. The monoisotopic (exact) mass is 560 g/mol. The van der Waals surface area contributed by atoms with Crippen LogP contribution in [0.5, 0.6) is 23.0 Å². The van der Waals surface area contributed by atoms with Crippen LogP contribution in [-0.4, -0.2) is 35.0 Å². The van der Waals surface area contributed by atoms with E-state index >= 15 is 0 Å². The standard InChI is InChI=1S/C33H36O8/c1-3-4-5-6-7-11-18-40-23-16-14-21(15-17-23)24(19-27(35)39-2)28-30(36)32(38)31(37)29-25(34)20-26(41-33(28)29)22-12-9-8-10-13-22/h8-10,12-17,20,24,36-38H,3-7,11,18-19H2,1-2H3/t24-/m1/s1. The minimum Gasteiger partial charge on any atom is -0.504 e. The van der Waals surface area contributed by atoms with E-state index < -0.39 is 34.6 Å². The molecule has 0 aliphatic carbocycles. The molecule has 0 spiro atoms. The van der Waals surface area contributed by atoms with E-state index in [1.54, 1.807) is 48.5 Å². The molecule has 0 aliphatic rings. The molecule has 1 heterocycles. The summed E-state index contributed by atoms with van der Waals surface area (Å²) in [5.74, 6) is -2.99. The Bertz CT molecular complexity index is 1520. The van der Waals surface area contributed by atoms with Crippen LogP contribution in [0.2, 0.25) is 0 Å². The summed E-state index contributed by atoms with van der Waals surface area (Å²) in [6.07, 6.45) is 6.68. The maximum Gasteiger partial charge on any atom is 0.306 e. The van der Waals surface area contributed by atoms with Crippen LogP contribution in [0, 0.1) is 0 Å². The summed E-state index contributed by atoms with van der Waals surface area (Å²) in [4.78, 5) is 25.7. The van der Waals surface area contributed by atoms with Crippen molar-refractivity contribution in [1.29, 1.82) is 0 Å². The van der Waals surface area contributed by atoms with Crippen LogP contribution in [-0.2, 0) is 9.53 Å². The van der Waals surface area contributed by atoms with Crippen LogP contribution < -0.4 is 10.2 Å². The summed E-state index contributed by atoms with van der Waals surface area (Å²) >= 11 is 0. The molecule has 216 valence electrons. The first-order valence-electron chi connectivity index (χ1n) is 13.9. The highest BCUT2D eigenvalue weighted by molar-refractivity contribution is 5.93. The Morgan fingerprint density at radius 3 is 2.24 bits per heavy atom. The second-order valence-electron chi connectivity index (χ2n) is 10.0. The molecule has 0 aliphatic heterocycles. The summed E-state index contributed by atoms with van der Waals surface area (Å²) in [7, 11) is 1.25. The Kier molecular flexibility index (Phi) is 9.90. The average Bonchev–Trinajstić information content (AvgIpc) is 2.99. The molecule has 3 N–H and O–H groups in total. The van der Waals surface area contributed by atoms with Crippen LogP contribution in [0.4, 0.5) is 0 Å². The van der Waals surface area contributed by atoms with Gasteiger partial charge in [-0.25, -0.2) is 0 Å². The number of benzene rings is 3. The topological polar surface area (TPSA) is 126 Å². The van der Waals surface area contributed by atoms with E-state index in [4.69, 9.17) is 13.9 Å². The number of methoxy groups -OCH3 is 1. The van der Waals surface area contributed by atoms with Gasteiger partial charge in [-0.2, -0.15) is 0 Å². The SMILES string of the molecule is CCCCCCCCOc1ccc([C@@H](CC(=O)OC)c2c(O)c(O)c(O)c3c(=O)cc(-c4ccccc4)oc23)cc1. The van der Waals surface area contributed by atoms with Crippen LogP contribution in [0.1, 0.15) is 68.9 Å². The van der Waals surface area contributed by atoms with E-state index in [9.17, 15) is 24.9 Å². The largest absolute Gasteiger partial charge is 0.504 e. The zero-order valence-electron chi connectivity index (χ0n) is 23.4. The van der Waals surface area contributed by atoms with Gasteiger partial charge in [0, 0.05) is 23.1 Å². The van der Waals surface area contributed by atoms with E-state index in [1.807, 2.05) is 6.07 Å². The van der Waals surface area contributed by atoms with Crippen LogP contribution in [0.15, 0.2) is 69.9 Å². The number of carbonyl (C=O) groups excluding carboxylic acids is 1. The van der Waals surface area contributed by atoms with Gasteiger partial charge in [0.15, 0.2) is 16.9 Å². The minimum atomic E-state index is -0.891. The van der Waals surface area contributed by atoms with E-state index in [-0.39, 0.29) is 28.7 Å². The van der Waals surface area contributed by atoms with E-state index in [2.05, 4.69) is 6.92 Å². The molecule has 3 aromatic carbocycles. The third kappa shape index (κ3) is 6.82. The lowest BCUT2D eigenvalue weighted by Gasteiger charge is -2.21. The zero-order chi connectivity index (χ0) is 29.4. The molecule has 0 bridgehead atoms. The minimum absolute atomic E-state index is 0.0173. The number of unbranched alkanes of at least 4 members (excludes halogenated alkanes) is 5. The van der Waals surface area contributed by atoms with Crippen molar-refractivity contribution in [1.82, 2.24) is 0 Å². The highest BCUT2D eigenvalue weighted by atomic mass is 16.5. The Labute approximate surface area is 238 Å². The quantitative estimate of drug-likeness (QED) is 0.0905. The maximum atomic E-state index is 13.2. The molecule has 0 saturated heterocycles. The molecule has 0 radical (unpaired) electrons. The number of hydrogen-bond acceptors (Lipinski definition) is 8. The van der Waals surface area contributed by atoms with Crippen molar-refractivity contribution in [2.45, 2.75) is 57.8 Å². The number of esters is 1. The normalized spacial score (nSPS) is 11.9. The fourth-order valence-corrected chi connectivity index (χ4v) is 4.95. The van der Waals surface area contributed by atoms with Gasteiger partial charge in [-0.05, 0) is 24.1 Å². The van der Waals surface area contributed by atoms with Gasteiger partial charge in [0.25, 0.3) is 0 Å². The summed E-state index contributed by atoms with van der Waals surface area (Å²) < 4.78 is 16.9. The van der Waals surface area contributed by atoms with Crippen LogP contribution in [0.25, 0.3) is 22.3 Å². The van der Waals surface area contributed by atoms with Gasteiger partial charge in [-0.1, -0.05) is 81.5 Å². The van der Waals surface area contributed by atoms with E-state index in [1.165, 1.54) is 38.9 Å². The van der Waals surface area contributed by atoms with Crippen molar-refractivity contribution >= 4 is 16.9 Å². The fourth-order valence-electron chi connectivity index (χ4n) is 4.95. The predicted octanol–water partition coefficient (Wildman–Crippen LogP) is 7.01. The second-order valence-corrected chi connectivity index (χ2v) is 10.0. The first-order valence-corrected chi connectivity index (χ1v) is 13.9. The number of aromatic hydroxyl groups is 3. The fraction of sp³-hybridized carbons (Fsp3) is 0.333. The van der Waals surface area contributed by atoms with Gasteiger partial charge >= 0.3 is 5.97 Å². The molecule has 0 unspecified atom stereocenters. The molecular formula is C33H36O8. The molecule has 0 saturated carbocycles. The lowest BCUT2D eigenvalue weighted by molar-refractivity contribution is -0.140. The average molecular weight is 561 g/mol. The summed E-state index contributed by atoms with van der Waals surface area (Å²) in [6.45, 7) is 2.77. The number of carbonyl (C=O) groups is 1. The predicted molar refractivity (Wildman–Crippen MR) is 157 cm³/mol. The molecule has 4 rings (SSSR count). The third-order valence-corrected chi connectivity index (χ3v) is 7.19. The molecule has 1 aromatic heterocycles. The van der Waals surface area contributed by atoms with Crippen molar-refractivity contribution in [3.05, 3.63) is 82.0 Å². The molecule has 4 aromatic rings. The summed E-state index contributed by atoms with van der Waals surface area (Å²) in [6, 6.07) is 17.1. The molecule has 0 amide bonds. The van der Waals surface area contributed by atoms with Crippen molar-refractivity contribution in [3.8, 4) is 34.3 Å². The third-order valence-electron chi connectivity index (χ3n) is 7.19. The lowest BCUT2D eigenvalue weighted by Crippen LogP contribution is -2.12.